The Kier molecular flexibility index (Phi) is 6.84. The van der Waals surface area contributed by atoms with Crippen LogP contribution < -0.4 is 5.32 Å². The molecule has 1 N–H and O–H groups in total. The summed E-state index contributed by atoms with van der Waals surface area (Å²) in [5, 5.41) is 3.39. The van der Waals surface area contributed by atoms with Gasteiger partial charge in [0, 0.05) is 13.1 Å². The highest BCUT2D eigenvalue weighted by Crippen LogP contribution is 2.36. The smallest absolute Gasteiger partial charge is 0.228 e. The molecule has 1 unspecified atom stereocenters. The molecule has 1 saturated heterocycles. The average Bonchev–Trinajstić information content (AvgIpc) is 2.45. The highest BCUT2D eigenvalue weighted by Gasteiger charge is 2.40. The van der Waals surface area contributed by atoms with E-state index in [2.05, 4.69) is 37.9 Å². The fourth-order valence-corrected chi connectivity index (χ4v) is 3.15. The van der Waals surface area contributed by atoms with Crippen LogP contribution in [0.2, 0.25) is 0 Å². The van der Waals surface area contributed by atoms with Crippen LogP contribution in [0.3, 0.4) is 0 Å². The van der Waals surface area contributed by atoms with Crippen molar-refractivity contribution in [1.82, 2.24) is 10.2 Å². The summed E-state index contributed by atoms with van der Waals surface area (Å²) in [5.41, 5.74) is -0.0799. The number of nitrogens with one attached hydrogen (secondary N) is 1. The monoisotopic (exact) mass is 268 g/mol. The molecule has 0 aromatic carbocycles. The zero-order valence-corrected chi connectivity index (χ0v) is 13.3. The van der Waals surface area contributed by atoms with E-state index in [1.54, 1.807) is 0 Å². The van der Waals surface area contributed by atoms with Crippen molar-refractivity contribution in [3.8, 4) is 0 Å². The maximum atomic E-state index is 13.0. The van der Waals surface area contributed by atoms with Crippen LogP contribution in [0, 0.1) is 11.3 Å². The van der Waals surface area contributed by atoms with Gasteiger partial charge in [0.15, 0.2) is 0 Å². The SMILES string of the molecule is CCCC1(C(=O)N(CC)CC(C)CC)CCNCC1. The van der Waals surface area contributed by atoms with Crippen LogP contribution >= 0.6 is 0 Å². The number of hydrogen-bond donors (Lipinski definition) is 1. The second-order valence-electron chi connectivity index (χ2n) is 6.14. The van der Waals surface area contributed by atoms with Gasteiger partial charge in [-0.3, -0.25) is 4.79 Å². The number of piperidine rings is 1. The molecule has 3 heteroatoms. The minimum atomic E-state index is -0.0799. The molecule has 0 spiro atoms. The fraction of sp³-hybridized carbons (Fsp3) is 0.938. The Hall–Kier alpha value is -0.570. The second kappa shape index (κ2) is 7.88. The van der Waals surface area contributed by atoms with Crippen molar-refractivity contribution in [3.05, 3.63) is 0 Å². The van der Waals surface area contributed by atoms with Gasteiger partial charge >= 0.3 is 0 Å². The molecule has 1 aliphatic heterocycles. The average molecular weight is 268 g/mol. The van der Waals surface area contributed by atoms with E-state index < -0.39 is 0 Å². The molecule has 19 heavy (non-hydrogen) atoms. The summed E-state index contributed by atoms with van der Waals surface area (Å²) < 4.78 is 0. The molecule has 1 rings (SSSR count). The maximum Gasteiger partial charge on any atom is 0.228 e. The van der Waals surface area contributed by atoms with Crippen molar-refractivity contribution in [2.75, 3.05) is 26.2 Å². The first kappa shape index (κ1) is 16.5. The van der Waals surface area contributed by atoms with E-state index in [1.807, 2.05) is 0 Å². The van der Waals surface area contributed by atoms with E-state index in [4.69, 9.17) is 0 Å². The Balaban J connectivity index is 2.78. The minimum Gasteiger partial charge on any atom is -0.342 e. The lowest BCUT2D eigenvalue weighted by Crippen LogP contribution is -2.50. The first-order chi connectivity index (χ1) is 9.09. The Bertz CT molecular complexity index is 266. The molecular weight excluding hydrogens is 236 g/mol. The summed E-state index contributed by atoms with van der Waals surface area (Å²) in [7, 11) is 0. The van der Waals surface area contributed by atoms with Crippen LogP contribution in [0.5, 0.6) is 0 Å². The number of hydrogen-bond acceptors (Lipinski definition) is 2. The van der Waals surface area contributed by atoms with Gasteiger partial charge in [0.1, 0.15) is 0 Å². The maximum absolute atomic E-state index is 13.0. The van der Waals surface area contributed by atoms with Crippen LogP contribution in [0.25, 0.3) is 0 Å². The van der Waals surface area contributed by atoms with E-state index in [1.165, 1.54) is 0 Å². The molecule has 1 heterocycles. The van der Waals surface area contributed by atoms with E-state index in [-0.39, 0.29) is 5.41 Å². The third-order valence-corrected chi connectivity index (χ3v) is 4.64. The largest absolute Gasteiger partial charge is 0.342 e. The number of rotatable bonds is 7. The lowest BCUT2D eigenvalue weighted by molar-refractivity contribution is -0.145. The molecule has 0 aromatic heterocycles. The lowest BCUT2D eigenvalue weighted by atomic mass is 9.74. The molecule has 0 saturated carbocycles. The summed E-state index contributed by atoms with van der Waals surface area (Å²) in [6.45, 7) is 12.5. The van der Waals surface area contributed by atoms with E-state index >= 15 is 0 Å². The van der Waals surface area contributed by atoms with Crippen molar-refractivity contribution in [1.29, 1.82) is 0 Å². The Morgan fingerprint density at radius 2 is 1.89 bits per heavy atom. The van der Waals surface area contributed by atoms with E-state index in [0.717, 1.165) is 58.3 Å². The summed E-state index contributed by atoms with van der Waals surface area (Å²) >= 11 is 0. The standard InChI is InChI=1S/C16H32N2O/c1-5-8-16(9-11-17-12-10-16)15(19)18(7-3)13-14(4)6-2/h14,17H,5-13H2,1-4H3. The van der Waals surface area contributed by atoms with Gasteiger partial charge in [0.25, 0.3) is 0 Å². The van der Waals surface area contributed by atoms with Crippen molar-refractivity contribution < 1.29 is 4.79 Å². The number of carbonyl (C=O) groups excluding carboxylic acids is 1. The van der Waals surface area contributed by atoms with Crippen LogP contribution in [0.15, 0.2) is 0 Å². The summed E-state index contributed by atoms with van der Waals surface area (Å²) in [6, 6.07) is 0. The fourth-order valence-electron chi connectivity index (χ4n) is 3.15. The minimum absolute atomic E-state index is 0.0799. The summed E-state index contributed by atoms with van der Waals surface area (Å²) in [6.07, 6.45) is 5.32. The Labute approximate surface area is 119 Å². The Morgan fingerprint density at radius 3 is 2.37 bits per heavy atom. The first-order valence-electron chi connectivity index (χ1n) is 8.09. The molecule has 1 atom stereocenters. The predicted molar refractivity (Wildman–Crippen MR) is 81.2 cm³/mol. The molecular formula is C16H32N2O. The number of nitrogens with zero attached hydrogens (tertiary/aromatic N) is 1. The molecule has 0 radical (unpaired) electrons. The third kappa shape index (κ3) is 4.20. The zero-order valence-electron chi connectivity index (χ0n) is 13.3. The molecule has 112 valence electrons. The topological polar surface area (TPSA) is 32.3 Å². The van der Waals surface area contributed by atoms with E-state index in [0.29, 0.717) is 11.8 Å². The van der Waals surface area contributed by atoms with Gasteiger partial charge in [-0.2, -0.15) is 0 Å². The van der Waals surface area contributed by atoms with Crippen molar-refractivity contribution >= 4 is 5.91 Å². The quantitative estimate of drug-likeness (QED) is 0.769. The van der Waals surface area contributed by atoms with Crippen LogP contribution in [0.4, 0.5) is 0 Å². The van der Waals surface area contributed by atoms with Crippen LogP contribution in [-0.4, -0.2) is 37.0 Å². The Morgan fingerprint density at radius 1 is 1.26 bits per heavy atom. The molecule has 1 aliphatic rings. The summed E-state index contributed by atoms with van der Waals surface area (Å²) in [4.78, 5) is 15.1. The summed E-state index contributed by atoms with van der Waals surface area (Å²) in [5.74, 6) is 1.02. The second-order valence-corrected chi connectivity index (χ2v) is 6.14. The normalized spacial score (nSPS) is 20.0. The molecule has 3 nitrogen and oxygen atoms in total. The van der Waals surface area contributed by atoms with Gasteiger partial charge in [-0.25, -0.2) is 0 Å². The van der Waals surface area contributed by atoms with Crippen LogP contribution in [-0.2, 0) is 4.79 Å². The van der Waals surface area contributed by atoms with Crippen molar-refractivity contribution in [2.24, 2.45) is 11.3 Å². The molecule has 0 aliphatic carbocycles. The van der Waals surface area contributed by atoms with E-state index in [9.17, 15) is 4.79 Å². The highest BCUT2D eigenvalue weighted by atomic mass is 16.2. The van der Waals surface area contributed by atoms with Gasteiger partial charge in [0.05, 0.1) is 5.41 Å². The predicted octanol–water partition coefficient (Wildman–Crippen LogP) is 3.05. The number of carbonyl (C=O) groups is 1. The molecule has 0 aromatic rings. The van der Waals surface area contributed by atoms with Gasteiger partial charge in [-0.15, -0.1) is 0 Å². The van der Waals surface area contributed by atoms with Crippen LogP contribution in [0.1, 0.15) is 59.8 Å². The van der Waals surface area contributed by atoms with Gasteiger partial charge in [-0.1, -0.05) is 33.6 Å². The first-order valence-corrected chi connectivity index (χ1v) is 8.09. The van der Waals surface area contributed by atoms with Crippen molar-refractivity contribution in [2.45, 2.75) is 59.8 Å². The highest BCUT2D eigenvalue weighted by molar-refractivity contribution is 5.83. The van der Waals surface area contributed by atoms with Gasteiger partial charge < -0.3 is 10.2 Å². The van der Waals surface area contributed by atoms with Gasteiger partial charge in [0.2, 0.25) is 5.91 Å². The third-order valence-electron chi connectivity index (χ3n) is 4.64. The number of amides is 1. The molecule has 0 bridgehead atoms. The molecule has 1 amide bonds. The van der Waals surface area contributed by atoms with Gasteiger partial charge in [-0.05, 0) is 45.2 Å². The lowest BCUT2D eigenvalue weighted by Gasteiger charge is -2.40. The zero-order chi connectivity index (χ0) is 14.3. The molecule has 1 fully saturated rings. The van der Waals surface area contributed by atoms with Crippen molar-refractivity contribution in [3.63, 3.8) is 0 Å².